The lowest BCUT2D eigenvalue weighted by molar-refractivity contribution is 0.0601. The Morgan fingerprint density at radius 1 is 1.00 bits per heavy atom. The summed E-state index contributed by atoms with van der Waals surface area (Å²) >= 11 is 0. The fraction of sp³-hybridized carbons (Fsp3) is 0.105. The number of aryl methyl sites for hydroxylation is 1. The highest BCUT2D eigenvalue weighted by atomic mass is 16.5. The molecule has 0 aliphatic carbocycles. The van der Waals surface area contributed by atoms with Crippen molar-refractivity contribution in [1.82, 2.24) is 9.97 Å². The van der Waals surface area contributed by atoms with E-state index in [2.05, 4.69) is 9.97 Å². The fourth-order valence-electron chi connectivity index (χ4n) is 2.30. The summed E-state index contributed by atoms with van der Waals surface area (Å²) in [6, 6.07) is 15.2. The molecule has 23 heavy (non-hydrogen) atoms. The van der Waals surface area contributed by atoms with Crippen LogP contribution in [-0.4, -0.2) is 23.0 Å². The predicted molar refractivity (Wildman–Crippen MR) is 91.0 cm³/mol. The monoisotopic (exact) mass is 304 g/mol. The van der Waals surface area contributed by atoms with Crippen molar-refractivity contribution >= 4 is 29.2 Å². The van der Waals surface area contributed by atoms with Crippen molar-refractivity contribution in [2.45, 2.75) is 6.92 Å². The number of fused-ring (bicyclic) bond motifs is 1. The van der Waals surface area contributed by atoms with Gasteiger partial charge in [0.25, 0.3) is 0 Å². The number of nitrogens with zero attached hydrogens (tertiary/aromatic N) is 2. The van der Waals surface area contributed by atoms with Crippen LogP contribution in [0.1, 0.15) is 27.3 Å². The van der Waals surface area contributed by atoms with Gasteiger partial charge in [0.1, 0.15) is 0 Å². The van der Waals surface area contributed by atoms with Gasteiger partial charge in [0.15, 0.2) is 0 Å². The number of methoxy groups -OCH3 is 1. The van der Waals surface area contributed by atoms with Crippen LogP contribution in [0.15, 0.2) is 48.5 Å². The lowest BCUT2D eigenvalue weighted by Gasteiger charge is -2.05. The molecule has 0 fully saturated rings. The molecule has 0 atom stereocenters. The predicted octanol–water partition coefficient (Wildman–Crippen LogP) is 3.90. The van der Waals surface area contributed by atoms with Crippen LogP contribution in [0.3, 0.4) is 0 Å². The Labute approximate surface area is 134 Å². The minimum Gasteiger partial charge on any atom is -0.465 e. The summed E-state index contributed by atoms with van der Waals surface area (Å²) in [7, 11) is 1.36. The molecule has 0 bridgehead atoms. The zero-order valence-corrected chi connectivity index (χ0v) is 13.0. The average molecular weight is 304 g/mol. The number of esters is 1. The van der Waals surface area contributed by atoms with E-state index in [0.29, 0.717) is 11.1 Å². The number of carbonyl (C=O) groups excluding carboxylic acids is 1. The molecule has 1 heterocycles. The van der Waals surface area contributed by atoms with Crippen molar-refractivity contribution in [3.63, 3.8) is 0 Å². The standard InChI is InChI=1S/C19H16N2O2/c1-13-16(10-8-14-6-4-3-5-7-14)21-17-11-9-15(19(22)23-2)12-18(17)20-13/h3-12H,1-2H3/b10-8+. The molecule has 1 aromatic heterocycles. The molecule has 4 heteroatoms. The van der Waals surface area contributed by atoms with Crippen LogP contribution < -0.4 is 0 Å². The maximum atomic E-state index is 11.6. The summed E-state index contributed by atoms with van der Waals surface area (Å²) in [4.78, 5) is 20.7. The maximum Gasteiger partial charge on any atom is 0.337 e. The molecule has 0 amide bonds. The quantitative estimate of drug-likeness (QED) is 0.689. The zero-order chi connectivity index (χ0) is 16.2. The molecule has 0 saturated carbocycles. The minimum atomic E-state index is -0.376. The van der Waals surface area contributed by atoms with E-state index < -0.39 is 0 Å². The Morgan fingerprint density at radius 3 is 2.52 bits per heavy atom. The first-order valence-electron chi connectivity index (χ1n) is 7.27. The van der Waals surface area contributed by atoms with Gasteiger partial charge in [-0.25, -0.2) is 14.8 Å². The number of aromatic nitrogens is 2. The molecule has 2 aromatic carbocycles. The van der Waals surface area contributed by atoms with Crippen LogP contribution in [0, 0.1) is 6.92 Å². The number of rotatable bonds is 3. The Morgan fingerprint density at radius 2 is 1.78 bits per heavy atom. The Hall–Kier alpha value is -3.01. The van der Waals surface area contributed by atoms with Crippen LogP contribution in [0.25, 0.3) is 23.2 Å². The molecule has 0 N–H and O–H groups in total. The van der Waals surface area contributed by atoms with Gasteiger partial charge in [-0.1, -0.05) is 36.4 Å². The van der Waals surface area contributed by atoms with E-state index >= 15 is 0 Å². The van der Waals surface area contributed by atoms with Gasteiger partial charge in [0.05, 0.1) is 35.1 Å². The van der Waals surface area contributed by atoms with E-state index in [1.54, 1.807) is 18.2 Å². The van der Waals surface area contributed by atoms with Gasteiger partial charge in [-0.15, -0.1) is 0 Å². The highest BCUT2D eigenvalue weighted by molar-refractivity contribution is 5.93. The largest absolute Gasteiger partial charge is 0.465 e. The van der Waals surface area contributed by atoms with Gasteiger partial charge >= 0.3 is 5.97 Å². The summed E-state index contributed by atoms with van der Waals surface area (Å²) in [5, 5.41) is 0. The lowest BCUT2D eigenvalue weighted by Crippen LogP contribution is -2.02. The summed E-state index contributed by atoms with van der Waals surface area (Å²) in [5.74, 6) is -0.376. The molecule has 0 aliphatic heterocycles. The first-order valence-corrected chi connectivity index (χ1v) is 7.27. The van der Waals surface area contributed by atoms with Gasteiger partial charge < -0.3 is 4.74 Å². The average Bonchev–Trinajstić information content (AvgIpc) is 2.59. The molecule has 0 saturated heterocycles. The minimum absolute atomic E-state index is 0.376. The summed E-state index contributed by atoms with van der Waals surface area (Å²) in [5.41, 5.74) is 4.63. The number of carbonyl (C=O) groups is 1. The van der Waals surface area contributed by atoms with Gasteiger partial charge in [0, 0.05) is 0 Å². The highest BCUT2D eigenvalue weighted by Crippen LogP contribution is 2.17. The second-order valence-corrected chi connectivity index (χ2v) is 5.13. The molecule has 4 nitrogen and oxygen atoms in total. The molecule has 0 unspecified atom stereocenters. The van der Waals surface area contributed by atoms with Crippen molar-refractivity contribution in [3.8, 4) is 0 Å². The highest BCUT2D eigenvalue weighted by Gasteiger charge is 2.09. The number of hydrogen-bond acceptors (Lipinski definition) is 4. The molecule has 0 aliphatic rings. The second-order valence-electron chi connectivity index (χ2n) is 5.13. The number of benzene rings is 2. The molecular formula is C19H16N2O2. The second kappa shape index (κ2) is 6.40. The molecule has 0 spiro atoms. The Bertz CT molecular complexity index is 887. The van der Waals surface area contributed by atoms with Gasteiger partial charge in [0.2, 0.25) is 0 Å². The molecule has 0 radical (unpaired) electrons. The van der Waals surface area contributed by atoms with Crippen molar-refractivity contribution < 1.29 is 9.53 Å². The molecule has 114 valence electrons. The third-order valence-electron chi connectivity index (χ3n) is 3.53. The third kappa shape index (κ3) is 3.26. The van der Waals surface area contributed by atoms with Crippen molar-refractivity contribution in [1.29, 1.82) is 0 Å². The normalized spacial score (nSPS) is 11.0. The summed E-state index contributed by atoms with van der Waals surface area (Å²) in [6.07, 6.45) is 3.96. The molecule has 3 rings (SSSR count). The van der Waals surface area contributed by atoms with Crippen LogP contribution in [-0.2, 0) is 4.74 Å². The summed E-state index contributed by atoms with van der Waals surface area (Å²) in [6.45, 7) is 1.90. The first-order chi connectivity index (χ1) is 11.2. The topological polar surface area (TPSA) is 52.1 Å². The van der Waals surface area contributed by atoms with Crippen molar-refractivity contribution in [2.75, 3.05) is 7.11 Å². The van der Waals surface area contributed by atoms with Crippen LogP contribution >= 0.6 is 0 Å². The van der Waals surface area contributed by atoms with E-state index in [0.717, 1.165) is 22.5 Å². The van der Waals surface area contributed by atoms with Crippen molar-refractivity contribution in [3.05, 3.63) is 71.0 Å². The van der Waals surface area contributed by atoms with E-state index in [9.17, 15) is 4.79 Å². The molecule has 3 aromatic rings. The van der Waals surface area contributed by atoms with Crippen LogP contribution in [0.5, 0.6) is 0 Å². The maximum absolute atomic E-state index is 11.6. The van der Waals surface area contributed by atoms with Crippen molar-refractivity contribution in [2.24, 2.45) is 0 Å². The van der Waals surface area contributed by atoms with Gasteiger partial charge in [-0.3, -0.25) is 0 Å². The third-order valence-corrected chi connectivity index (χ3v) is 3.53. The number of hydrogen-bond donors (Lipinski definition) is 0. The molecular weight excluding hydrogens is 288 g/mol. The van der Waals surface area contributed by atoms with E-state index in [1.807, 2.05) is 49.4 Å². The fourth-order valence-corrected chi connectivity index (χ4v) is 2.30. The number of ether oxygens (including phenoxy) is 1. The van der Waals surface area contributed by atoms with E-state index in [4.69, 9.17) is 4.74 Å². The van der Waals surface area contributed by atoms with Crippen LogP contribution in [0.4, 0.5) is 0 Å². The SMILES string of the molecule is COC(=O)c1ccc2nc(/C=C/c3ccccc3)c(C)nc2c1. The van der Waals surface area contributed by atoms with Gasteiger partial charge in [-0.05, 0) is 36.8 Å². The Balaban J connectivity index is 1.98. The van der Waals surface area contributed by atoms with Gasteiger partial charge in [-0.2, -0.15) is 0 Å². The van der Waals surface area contributed by atoms with Crippen LogP contribution in [0.2, 0.25) is 0 Å². The zero-order valence-electron chi connectivity index (χ0n) is 13.0. The lowest BCUT2D eigenvalue weighted by atomic mass is 10.1. The van der Waals surface area contributed by atoms with E-state index in [-0.39, 0.29) is 5.97 Å². The summed E-state index contributed by atoms with van der Waals surface area (Å²) < 4.78 is 4.73. The Kier molecular flexibility index (Phi) is 4.15. The first kappa shape index (κ1) is 14.9. The smallest absolute Gasteiger partial charge is 0.337 e. The van der Waals surface area contributed by atoms with E-state index in [1.165, 1.54) is 7.11 Å².